The summed E-state index contributed by atoms with van der Waals surface area (Å²) in [5.74, 6) is 1.02. The lowest BCUT2D eigenvalue weighted by Crippen LogP contribution is -2.61. The Balaban J connectivity index is 1.75. The number of piperidine rings is 1. The fraction of sp³-hybridized carbons (Fsp3) is 0.765. The Hall–Kier alpha value is -1.40. The number of amides is 1. The highest BCUT2D eigenvalue weighted by Crippen LogP contribution is 2.24. The van der Waals surface area contributed by atoms with Crippen LogP contribution in [0.1, 0.15) is 37.3 Å². The van der Waals surface area contributed by atoms with E-state index in [9.17, 15) is 4.79 Å². The Labute approximate surface area is 137 Å². The van der Waals surface area contributed by atoms with Gasteiger partial charge in [0.1, 0.15) is 5.76 Å². The van der Waals surface area contributed by atoms with Gasteiger partial charge in [0.05, 0.1) is 30.9 Å². The van der Waals surface area contributed by atoms with Gasteiger partial charge in [0.25, 0.3) is 0 Å². The predicted molar refractivity (Wildman–Crippen MR) is 86.3 cm³/mol. The maximum atomic E-state index is 12.9. The molecule has 2 unspecified atom stereocenters. The number of carbonyl (C=O) groups excluding carboxylic acids is 1. The molecule has 0 saturated carbocycles. The van der Waals surface area contributed by atoms with Gasteiger partial charge in [-0.1, -0.05) is 19.0 Å². The minimum atomic E-state index is 0.171. The molecule has 0 N–H and O–H groups in total. The monoisotopic (exact) mass is 321 g/mol. The number of ether oxygens (including phenoxy) is 1. The summed E-state index contributed by atoms with van der Waals surface area (Å²) in [6, 6.07) is 0.171. The fourth-order valence-electron chi connectivity index (χ4n) is 3.73. The molecule has 6 nitrogen and oxygen atoms in total. The third-order valence-corrected chi connectivity index (χ3v) is 5.04. The molecular formula is C17H27N3O3. The van der Waals surface area contributed by atoms with Gasteiger partial charge in [0.2, 0.25) is 5.91 Å². The largest absolute Gasteiger partial charge is 0.374 e. The van der Waals surface area contributed by atoms with E-state index < -0.39 is 0 Å². The fourth-order valence-corrected chi connectivity index (χ4v) is 3.73. The van der Waals surface area contributed by atoms with Gasteiger partial charge in [-0.3, -0.25) is 4.79 Å². The Morgan fingerprint density at radius 2 is 2.13 bits per heavy atom. The number of nitrogens with zero attached hydrogens (tertiary/aromatic N) is 3. The van der Waals surface area contributed by atoms with Crippen molar-refractivity contribution >= 4 is 5.91 Å². The van der Waals surface area contributed by atoms with E-state index in [-0.39, 0.29) is 18.1 Å². The zero-order valence-corrected chi connectivity index (χ0v) is 14.4. The molecule has 0 radical (unpaired) electrons. The number of aryl methyl sites for hydroxylation is 2. The van der Waals surface area contributed by atoms with Gasteiger partial charge >= 0.3 is 0 Å². The van der Waals surface area contributed by atoms with Crippen molar-refractivity contribution in [3.05, 3.63) is 17.0 Å². The Bertz CT molecular complexity index is 536. The third-order valence-electron chi connectivity index (χ3n) is 5.04. The van der Waals surface area contributed by atoms with Crippen LogP contribution in [-0.2, 0) is 28.8 Å². The van der Waals surface area contributed by atoms with E-state index in [1.54, 1.807) is 0 Å². The van der Waals surface area contributed by atoms with E-state index in [2.05, 4.69) is 17.1 Å². The van der Waals surface area contributed by atoms with Gasteiger partial charge in [-0.25, -0.2) is 0 Å². The number of hydrogen-bond donors (Lipinski definition) is 0. The van der Waals surface area contributed by atoms with Crippen LogP contribution in [0.3, 0.4) is 0 Å². The zero-order valence-electron chi connectivity index (χ0n) is 14.4. The van der Waals surface area contributed by atoms with Crippen LogP contribution in [0, 0.1) is 0 Å². The molecule has 128 valence electrons. The van der Waals surface area contributed by atoms with Crippen molar-refractivity contribution in [2.75, 3.05) is 33.3 Å². The maximum Gasteiger partial charge on any atom is 0.227 e. The number of morpholine rings is 1. The van der Waals surface area contributed by atoms with Crippen LogP contribution in [0.25, 0.3) is 0 Å². The van der Waals surface area contributed by atoms with Gasteiger partial charge < -0.3 is 19.1 Å². The zero-order chi connectivity index (χ0) is 16.4. The summed E-state index contributed by atoms with van der Waals surface area (Å²) >= 11 is 0. The average Bonchev–Trinajstić information content (AvgIpc) is 2.95. The maximum absolute atomic E-state index is 12.9. The molecule has 2 fully saturated rings. The molecular weight excluding hydrogens is 294 g/mol. The van der Waals surface area contributed by atoms with E-state index in [1.165, 1.54) is 0 Å². The van der Waals surface area contributed by atoms with Crippen molar-refractivity contribution in [1.29, 1.82) is 0 Å². The van der Waals surface area contributed by atoms with Gasteiger partial charge in [-0.15, -0.1) is 0 Å². The molecule has 6 heteroatoms. The van der Waals surface area contributed by atoms with E-state index in [4.69, 9.17) is 9.26 Å². The van der Waals surface area contributed by atoms with Crippen molar-refractivity contribution in [1.82, 2.24) is 15.0 Å². The second-order valence-corrected chi connectivity index (χ2v) is 6.53. The van der Waals surface area contributed by atoms with Crippen LogP contribution in [0.15, 0.2) is 4.52 Å². The van der Waals surface area contributed by atoms with E-state index in [0.717, 1.165) is 49.4 Å². The summed E-state index contributed by atoms with van der Waals surface area (Å²) in [5.41, 5.74) is 1.91. The molecule has 3 heterocycles. The molecule has 0 aromatic carbocycles. The molecule has 0 bridgehead atoms. The van der Waals surface area contributed by atoms with Crippen molar-refractivity contribution in [3.8, 4) is 0 Å². The van der Waals surface area contributed by atoms with E-state index in [0.29, 0.717) is 19.6 Å². The summed E-state index contributed by atoms with van der Waals surface area (Å²) in [6.07, 6.45) is 3.14. The molecule has 1 aromatic heterocycles. The summed E-state index contributed by atoms with van der Waals surface area (Å²) in [7, 11) is 2.11. The Kier molecular flexibility index (Phi) is 5.02. The second kappa shape index (κ2) is 7.01. The van der Waals surface area contributed by atoms with Crippen LogP contribution in [0.5, 0.6) is 0 Å². The van der Waals surface area contributed by atoms with E-state index in [1.807, 2.05) is 18.7 Å². The minimum absolute atomic E-state index is 0.171. The molecule has 2 aliphatic heterocycles. The van der Waals surface area contributed by atoms with Crippen molar-refractivity contribution in [3.63, 3.8) is 0 Å². The molecule has 0 spiro atoms. The number of fused-ring (bicyclic) bond motifs is 1. The minimum Gasteiger partial charge on any atom is -0.374 e. The smallest absolute Gasteiger partial charge is 0.227 e. The van der Waals surface area contributed by atoms with Crippen LogP contribution in [-0.4, -0.2) is 66.3 Å². The average molecular weight is 321 g/mol. The highest BCUT2D eigenvalue weighted by molar-refractivity contribution is 5.79. The van der Waals surface area contributed by atoms with Crippen molar-refractivity contribution in [2.45, 2.75) is 51.7 Å². The van der Waals surface area contributed by atoms with Crippen molar-refractivity contribution < 1.29 is 14.1 Å². The quantitative estimate of drug-likeness (QED) is 0.836. The standard InChI is InChI=1S/C17H27N3O3/c1-4-13-12(15(5-2)23-18-13)10-17(21)20-8-9-22-16-6-7-19(3)11-14(16)20/h14,16H,4-11H2,1-3H3. The molecule has 23 heavy (non-hydrogen) atoms. The predicted octanol–water partition coefficient (Wildman–Crippen LogP) is 1.27. The first-order chi connectivity index (χ1) is 11.1. The topological polar surface area (TPSA) is 58.8 Å². The van der Waals surface area contributed by atoms with Crippen LogP contribution in [0.2, 0.25) is 0 Å². The van der Waals surface area contributed by atoms with Gasteiger partial charge in [0, 0.05) is 31.6 Å². The SMILES string of the molecule is CCc1noc(CC)c1CC(=O)N1CCOC2CCN(C)CC21. The molecule has 2 saturated heterocycles. The lowest BCUT2D eigenvalue weighted by atomic mass is 9.97. The Morgan fingerprint density at radius 3 is 2.87 bits per heavy atom. The molecule has 2 aliphatic rings. The number of carbonyl (C=O) groups is 1. The summed E-state index contributed by atoms with van der Waals surface area (Å²) in [5, 5.41) is 4.12. The first-order valence-electron chi connectivity index (χ1n) is 8.69. The summed E-state index contributed by atoms with van der Waals surface area (Å²) in [6.45, 7) is 7.33. The highest BCUT2D eigenvalue weighted by Gasteiger charge is 2.38. The third kappa shape index (κ3) is 3.28. The van der Waals surface area contributed by atoms with Gasteiger partial charge in [-0.2, -0.15) is 0 Å². The van der Waals surface area contributed by atoms with Gasteiger partial charge in [0.15, 0.2) is 0 Å². The first-order valence-corrected chi connectivity index (χ1v) is 8.69. The number of hydrogen-bond acceptors (Lipinski definition) is 5. The lowest BCUT2D eigenvalue weighted by molar-refractivity contribution is -0.151. The first kappa shape index (κ1) is 16.5. The second-order valence-electron chi connectivity index (χ2n) is 6.53. The molecule has 2 atom stereocenters. The van der Waals surface area contributed by atoms with E-state index >= 15 is 0 Å². The summed E-state index contributed by atoms with van der Waals surface area (Å²) in [4.78, 5) is 17.3. The van der Waals surface area contributed by atoms with Crippen LogP contribution in [0.4, 0.5) is 0 Å². The number of aromatic nitrogens is 1. The summed E-state index contributed by atoms with van der Waals surface area (Å²) < 4.78 is 11.3. The molecule has 3 rings (SSSR count). The normalized spacial score (nSPS) is 25.4. The lowest BCUT2D eigenvalue weighted by Gasteiger charge is -2.46. The highest BCUT2D eigenvalue weighted by atomic mass is 16.5. The molecule has 1 amide bonds. The molecule has 0 aliphatic carbocycles. The number of rotatable bonds is 4. The Morgan fingerprint density at radius 1 is 1.30 bits per heavy atom. The number of likely N-dealkylation sites (tertiary alicyclic amines) is 1. The van der Waals surface area contributed by atoms with Gasteiger partial charge in [-0.05, 0) is 19.9 Å². The van der Waals surface area contributed by atoms with Crippen LogP contribution >= 0.6 is 0 Å². The van der Waals surface area contributed by atoms with Crippen molar-refractivity contribution in [2.24, 2.45) is 0 Å². The number of likely N-dealkylation sites (N-methyl/N-ethyl adjacent to an activating group) is 1. The van der Waals surface area contributed by atoms with Crippen LogP contribution < -0.4 is 0 Å². The molecule has 1 aromatic rings.